The Morgan fingerprint density at radius 2 is 2.16 bits per heavy atom. The van der Waals surface area contributed by atoms with Gasteiger partial charge in [-0.2, -0.15) is 5.26 Å². The second-order valence-corrected chi connectivity index (χ2v) is 5.13. The second kappa shape index (κ2) is 6.33. The van der Waals surface area contributed by atoms with E-state index in [9.17, 15) is 5.26 Å². The van der Waals surface area contributed by atoms with Crippen LogP contribution in [0.25, 0.3) is 0 Å². The van der Waals surface area contributed by atoms with E-state index >= 15 is 0 Å². The van der Waals surface area contributed by atoms with Gasteiger partial charge in [0.25, 0.3) is 0 Å². The fourth-order valence-electron chi connectivity index (χ4n) is 2.13. The van der Waals surface area contributed by atoms with Crippen LogP contribution in [0.5, 0.6) is 0 Å². The molecule has 2 heterocycles. The molecule has 1 aliphatic rings. The number of ether oxygens (including phenoxy) is 2. The maximum absolute atomic E-state index is 9.45. The van der Waals surface area contributed by atoms with Crippen molar-refractivity contribution in [1.82, 2.24) is 4.98 Å². The Labute approximate surface area is 121 Å². The van der Waals surface area contributed by atoms with Crippen molar-refractivity contribution in [3.63, 3.8) is 0 Å². The molecule has 0 amide bonds. The number of rotatable bonds is 3. The first-order chi connectivity index (χ1) is 9.19. The molecule has 0 spiro atoms. The van der Waals surface area contributed by atoms with Gasteiger partial charge in [-0.25, -0.2) is 4.98 Å². The summed E-state index contributed by atoms with van der Waals surface area (Å²) >= 11 is 3.49. The van der Waals surface area contributed by atoms with Crippen molar-refractivity contribution in [3.8, 4) is 6.07 Å². The lowest BCUT2D eigenvalue weighted by Gasteiger charge is -2.29. The highest BCUT2D eigenvalue weighted by atomic mass is 79.9. The van der Waals surface area contributed by atoms with Crippen molar-refractivity contribution in [2.24, 2.45) is 0 Å². The third-order valence-electron chi connectivity index (χ3n) is 3.09. The second-order valence-electron chi connectivity index (χ2n) is 4.33. The first kappa shape index (κ1) is 14.3. The Morgan fingerprint density at radius 3 is 2.74 bits per heavy atom. The zero-order valence-electron chi connectivity index (χ0n) is 11.1. The van der Waals surface area contributed by atoms with Gasteiger partial charge in [0.15, 0.2) is 0 Å². The highest BCUT2D eigenvalue weighted by Crippen LogP contribution is 2.30. The zero-order valence-corrected chi connectivity index (χ0v) is 12.7. The molecule has 0 N–H and O–H groups in total. The fraction of sp³-hybridized carbons (Fsp3) is 0.538. The van der Waals surface area contributed by atoms with E-state index in [2.05, 4.69) is 31.9 Å². The Balaban J connectivity index is 2.50. The molecule has 1 aliphatic heterocycles. The maximum atomic E-state index is 9.45. The third kappa shape index (κ3) is 2.89. The van der Waals surface area contributed by atoms with Crippen LogP contribution in [0.3, 0.4) is 0 Å². The van der Waals surface area contributed by atoms with Gasteiger partial charge in [0.1, 0.15) is 17.5 Å². The van der Waals surface area contributed by atoms with Crippen LogP contribution in [0.4, 0.5) is 5.82 Å². The average molecular weight is 326 g/mol. The van der Waals surface area contributed by atoms with Crippen LogP contribution >= 0.6 is 15.9 Å². The molecule has 1 aromatic rings. The lowest BCUT2D eigenvalue weighted by atomic mass is 10.1. The van der Waals surface area contributed by atoms with Crippen LogP contribution in [0.1, 0.15) is 16.8 Å². The number of pyridine rings is 1. The summed E-state index contributed by atoms with van der Waals surface area (Å²) in [6.07, 6.45) is 0. The Bertz CT molecular complexity index is 508. The lowest BCUT2D eigenvalue weighted by Crippen LogP contribution is -2.37. The normalized spacial score (nSPS) is 15.4. The SMILES string of the molecule is COCc1c(Br)c(C)nc(N2CCOCC2)c1C#N. The van der Waals surface area contributed by atoms with E-state index in [4.69, 9.17) is 9.47 Å². The predicted molar refractivity (Wildman–Crippen MR) is 75.1 cm³/mol. The number of anilines is 1. The number of methoxy groups -OCH3 is 1. The standard InChI is InChI=1S/C13H16BrN3O2/c1-9-12(14)11(8-18-2)10(7-15)13(16-9)17-3-5-19-6-4-17/h3-6,8H2,1-2H3. The van der Waals surface area contributed by atoms with Crippen LogP contribution in [0.2, 0.25) is 0 Å². The van der Waals surface area contributed by atoms with Gasteiger partial charge < -0.3 is 14.4 Å². The number of morpholine rings is 1. The van der Waals surface area contributed by atoms with E-state index in [0.717, 1.165) is 34.6 Å². The Morgan fingerprint density at radius 1 is 1.47 bits per heavy atom. The van der Waals surface area contributed by atoms with Gasteiger partial charge in [-0.05, 0) is 22.9 Å². The quantitative estimate of drug-likeness (QED) is 0.850. The molecule has 0 bridgehead atoms. The number of nitriles is 1. The fourth-order valence-corrected chi connectivity index (χ4v) is 2.53. The summed E-state index contributed by atoms with van der Waals surface area (Å²) in [7, 11) is 1.62. The van der Waals surface area contributed by atoms with Gasteiger partial charge in [0.2, 0.25) is 0 Å². The predicted octanol–water partition coefficient (Wildman–Crippen LogP) is 2.01. The van der Waals surface area contributed by atoms with Gasteiger partial charge in [-0.3, -0.25) is 0 Å². The molecule has 6 heteroatoms. The number of aromatic nitrogens is 1. The van der Waals surface area contributed by atoms with Crippen LogP contribution in [0, 0.1) is 18.3 Å². The summed E-state index contributed by atoms with van der Waals surface area (Å²) in [6.45, 7) is 5.17. The third-order valence-corrected chi connectivity index (χ3v) is 4.15. The van der Waals surface area contributed by atoms with Crippen LogP contribution < -0.4 is 4.90 Å². The van der Waals surface area contributed by atoms with E-state index in [1.165, 1.54) is 0 Å². The highest BCUT2D eigenvalue weighted by Gasteiger charge is 2.22. The number of aryl methyl sites for hydroxylation is 1. The minimum atomic E-state index is 0.393. The van der Waals surface area contributed by atoms with E-state index in [-0.39, 0.29) is 0 Å². The summed E-state index contributed by atoms with van der Waals surface area (Å²) in [5.41, 5.74) is 2.31. The molecule has 0 aliphatic carbocycles. The van der Waals surface area contributed by atoms with Gasteiger partial charge in [0, 0.05) is 30.2 Å². The van der Waals surface area contributed by atoms with E-state index in [1.54, 1.807) is 7.11 Å². The van der Waals surface area contributed by atoms with Crippen molar-refractivity contribution in [1.29, 1.82) is 5.26 Å². The average Bonchev–Trinajstić information content (AvgIpc) is 2.45. The maximum Gasteiger partial charge on any atom is 0.147 e. The first-order valence-electron chi connectivity index (χ1n) is 6.09. The van der Waals surface area contributed by atoms with Crippen molar-refractivity contribution in [2.75, 3.05) is 38.3 Å². The molecular weight excluding hydrogens is 310 g/mol. The van der Waals surface area contributed by atoms with Crippen LogP contribution in [0.15, 0.2) is 4.47 Å². The molecule has 5 nitrogen and oxygen atoms in total. The molecule has 0 aromatic carbocycles. The topological polar surface area (TPSA) is 58.4 Å². The molecule has 19 heavy (non-hydrogen) atoms. The van der Waals surface area contributed by atoms with Gasteiger partial charge in [0.05, 0.1) is 25.5 Å². The van der Waals surface area contributed by atoms with E-state index in [0.29, 0.717) is 25.4 Å². The largest absolute Gasteiger partial charge is 0.380 e. The molecule has 1 aromatic heterocycles. The van der Waals surface area contributed by atoms with Gasteiger partial charge in [-0.15, -0.1) is 0 Å². The molecule has 0 saturated carbocycles. The summed E-state index contributed by atoms with van der Waals surface area (Å²) in [5.74, 6) is 0.735. The number of nitrogens with zero attached hydrogens (tertiary/aromatic N) is 3. The van der Waals surface area contributed by atoms with E-state index < -0.39 is 0 Å². The minimum Gasteiger partial charge on any atom is -0.380 e. The highest BCUT2D eigenvalue weighted by molar-refractivity contribution is 9.10. The summed E-state index contributed by atoms with van der Waals surface area (Å²) in [6, 6.07) is 2.26. The Kier molecular flexibility index (Phi) is 4.75. The molecule has 0 radical (unpaired) electrons. The Hall–Kier alpha value is -1.16. The first-order valence-corrected chi connectivity index (χ1v) is 6.89. The number of halogens is 1. The van der Waals surface area contributed by atoms with Crippen molar-refractivity contribution in [3.05, 3.63) is 21.3 Å². The van der Waals surface area contributed by atoms with Crippen molar-refractivity contribution in [2.45, 2.75) is 13.5 Å². The molecule has 0 atom stereocenters. The molecule has 2 rings (SSSR count). The zero-order chi connectivity index (χ0) is 13.8. The van der Waals surface area contributed by atoms with E-state index in [1.807, 2.05) is 6.92 Å². The monoisotopic (exact) mass is 325 g/mol. The lowest BCUT2D eigenvalue weighted by molar-refractivity contribution is 0.122. The number of hydrogen-bond acceptors (Lipinski definition) is 5. The summed E-state index contributed by atoms with van der Waals surface area (Å²) < 4.78 is 11.4. The molecular formula is C13H16BrN3O2. The van der Waals surface area contributed by atoms with Gasteiger partial charge in [-0.1, -0.05) is 0 Å². The smallest absolute Gasteiger partial charge is 0.147 e. The molecule has 1 fully saturated rings. The number of hydrogen-bond donors (Lipinski definition) is 0. The minimum absolute atomic E-state index is 0.393. The van der Waals surface area contributed by atoms with Crippen LogP contribution in [-0.4, -0.2) is 38.4 Å². The van der Waals surface area contributed by atoms with Crippen LogP contribution in [-0.2, 0) is 16.1 Å². The van der Waals surface area contributed by atoms with Gasteiger partial charge >= 0.3 is 0 Å². The summed E-state index contributed by atoms with van der Waals surface area (Å²) in [4.78, 5) is 6.65. The molecule has 0 unspecified atom stereocenters. The molecule has 102 valence electrons. The van der Waals surface area contributed by atoms with Crippen molar-refractivity contribution < 1.29 is 9.47 Å². The molecule has 1 saturated heterocycles. The van der Waals surface area contributed by atoms with Crippen molar-refractivity contribution >= 4 is 21.7 Å². The summed E-state index contributed by atoms with van der Waals surface area (Å²) in [5, 5.41) is 9.45.